The first-order chi connectivity index (χ1) is 7.13. The van der Waals surface area contributed by atoms with E-state index in [0.717, 1.165) is 5.56 Å². The molecule has 0 saturated heterocycles. The van der Waals surface area contributed by atoms with Crippen molar-refractivity contribution in [3.63, 3.8) is 0 Å². The summed E-state index contributed by atoms with van der Waals surface area (Å²) in [4.78, 5) is 11.1. The van der Waals surface area contributed by atoms with Crippen molar-refractivity contribution in [1.82, 2.24) is 5.32 Å². The van der Waals surface area contributed by atoms with Gasteiger partial charge in [0.2, 0.25) is 5.91 Å². The van der Waals surface area contributed by atoms with Gasteiger partial charge in [0.25, 0.3) is 0 Å². The van der Waals surface area contributed by atoms with E-state index in [-0.39, 0.29) is 11.7 Å². The first-order valence-corrected chi connectivity index (χ1v) is 6.03. The minimum absolute atomic E-state index is 0.0246. The van der Waals surface area contributed by atoms with E-state index in [0.29, 0.717) is 17.9 Å². The molecule has 1 aromatic rings. The summed E-state index contributed by atoms with van der Waals surface area (Å²) in [7, 11) is 0. The molecule has 0 saturated carbocycles. The number of aryl methyl sites for hydroxylation is 1. The quantitative estimate of drug-likeness (QED) is 0.853. The Kier molecular flexibility index (Phi) is 4.62. The smallest absolute Gasteiger partial charge is 0.230 e. The van der Waals surface area contributed by atoms with E-state index in [1.54, 1.807) is 13.0 Å². The zero-order chi connectivity index (χ0) is 11.3. The van der Waals surface area contributed by atoms with Gasteiger partial charge in [0.1, 0.15) is 5.82 Å². The van der Waals surface area contributed by atoms with Gasteiger partial charge in [-0.3, -0.25) is 4.79 Å². The Labute approximate surface area is 93.3 Å². The van der Waals surface area contributed by atoms with Gasteiger partial charge in [-0.05, 0) is 30.4 Å². The monoisotopic (exact) mass is 227 g/mol. The summed E-state index contributed by atoms with van der Waals surface area (Å²) in [6, 6.07) is 4.98. The first-order valence-electron chi connectivity index (χ1n) is 4.64. The minimum atomic E-state index is -0.230. The van der Waals surface area contributed by atoms with Crippen molar-refractivity contribution in [1.29, 1.82) is 0 Å². The molecule has 0 spiro atoms. The van der Waals surface area contributed by atoms with Crippen LogP contribution in [0.1, 0.15) is 11.1 Å². The summed E-state index contributed by atoms with van der Waals surface area (Å²) in [5.74, 6) is 0.184. The van der Waals surface area contributed by atoms with E-state index in [1.165, 1.54) is 17.8 Å². The average Bonchev–Trinajstić information content (AvgIpc) is 2.20. The van der Waals surface area contributed by atoms with Crippen LogP contribution in [0.3, 0.4) is 0 Å². The third-order valence-electron chi connectivity index (χ3n) is 2.00. The fraction of sp³-hybridized carbons (Fsp3) is 0.364. The molecule has 0 unspecified atom stereocenters. The summed E-state index contributed by atoms with van der Waals surface area (Å²) in [5, 5.41) is 2.72. The molecule has 0 aliphatic carbocycles. The van der Waals surface area contributed by atoms with Crippen molar-refractivity contribution in [2.75, 3.05) is 12.0 Å². The Morgan fingerprint density at radius 1 is 1.53 bits per heavy atom. The molecule has 1 rings (SSSR count). The van der Waals surface area contributed by atoms with Crippen LogP contribution < -0.4 is 5.32 Å². The predicted octanol–water partition coefficient (Wildman–Crippen LogP) is 2.11. The Bertz CT molecular complexity index is 354. The van der Waals surface area contributed by atoms with Crippen molar-refractivity contribution in [2.45, 2.75) is 13.5 Å². The van der Waals surface area contributed by atoms with E-state index in [2.05, 4.69) is 5.32 Å². The van der Waals surface area contributed by atoms with Crippen molar-refractivity contribution >= 4 is 17.7 Å². The number of amides is 1. The highest BCUT2D eigenvalue weighted by atomic mass is 32.2. The van der Waals surface area contributed by atoms with Gasteiger partial charge in [-0.15, -0.1) is 0 Å². The molecule has 1 aromatic carbocycles. The molecule has 1 N–H and O–H groups in total. The summed E-state index contributed by atoms with van der Waals surface area (Å²) in [6.45, 7) is 2.10. The summed E-state index contributed by atoms with van der Waals surface area (Å²) in [5.41, 5.74) is 1.40. The van der Waals surface area contributed by atoms with Crippen LogP contribution >= 0.6 is 11.8 Å². The Hall–Kier alpha value is -1.03. The maximum Gasteiger partial charge on any atom is 0.230 e. The number of hydrogen-bond donors (Lipinski definition) is 1. The van der Waals surface area contributed by atoms with Gasteiger partial charge >= 0.3 is 0 Å². The molecule has 0 aromatic heterocycles. The fourth-order valence-corrected chi connectivity index (χ4v) is 1.49. The van der Waals surface area contributed by atoms with Crippen molar-refractivity contribution in [3.8, 4) is 0 Å². The topological polar surface area (TPSA) is 29.1 Å². The SMILES string of the molecule is CSCC(=O)NCc1ccc(C)c(F)c1. The van der Waals surface area contributed by atoms with Gasteiger partial charge in [-0.1, -0.05) is 12.1 Å². The zero-order valence-corrected chi connectivity index (χ0v) is 9.66. The second-order valence-corrected chi connectivity index (χ2v) is 4.16. The molecular weight excluding hydrogens is 213 g/mol. The second-order valence-electron chi connectivity index (χ2n) is 3.29. The Balaban J connectivity index is 2.51. The van der Waals surface area contributed by atoms with Crippen molar-refractivity contribution in [2.24, 2.45) is 0 Å². The van der Waals surface area contributed by atoms with Gasteiger partial charge in [0.15, 0.2) is 0 Å². The zero-order valence-electron chi connectivity index (χ0n) is 8.84. The van der Waals surface area contributed by atoms with Crippen LogP contribution in [0.4, 0.5) is 4.39 Å². The second kappa shape index (κ2) is 5.75. The summed E-state index contributed by atoms with van der Waals surface area (Å²) >= 11 is 1.46. The van der Waals surface area contributed by atoms with E-state index in [4.69, 9.17) is 0 Å². The molecule has 0 atom stereocenters. The molecule has 82 valence electrons. The highest BCUT2D eigenvalue weighted by Crippen LogP contribution is 2.08. The van der Waals surface area contributed by atoms with Crippen LogP contribution in [-0.2, 0) is 11.3 Å². The predicted molar refractivity (Wildman–Crippen MR) is 61.4 cm³/mol. The van der Waals surface area contributed by atoms with Gasteiger partial charge in [0.05, 0.1) is 5.75 Å². The van der Waals surface area contributed by atoms with Crippen LogP contribution in [-0.4, -0.2) is 17.9 Å². The third-order valence-corrected chi connectivity index (χ3v) is 2.55. The number of carbonyl (C=O) groups excluding carboxylic acids is 1. The first kappa shape index (κ1) is 12.0. The Morgan fingerprint density at radius 2 is 2.27 bits per heavy atom. The van der Waals surface area contributed by atoms with Crippen LogP contribution in [0, 0.1) is 12.7 Å². The molecule has 0 aliphatic rings. The van der Waals surface area contributed by atoms with Crippen LogP contribution in [0.2, 0.25) is 0 Å². The molecule has 0 heterocycles. The summed E-state index contributed by atoms with van der Waals surface area (Å²) < 4.78 is 13.1. The van der Waals surface area contributed by atoms with Crippen molar-refractivity contribution in [3.05, 3.63) is 35.1 Å². The normalized spacial score (nSPS) is 10.1. The molecule has 0 fully saturated rings. The number of hydrogen-bond acceptors (Lipinski definition) is 2. The molecule has 0 bridgehead atoms. The molecule has 4 heteroatoms. The number of carbonyl (C=O) groups is 1. The van der Waals surface area contributed by atoms with E-state index in [1.807, 2.05) is 12.3 Å². The average molecular weight is 227 g/mol. The van der Waals surface area contributed by atoms with Crippen molar-refractivity contribution < 1.29 is 9.18 Å². The molecule has 2 nitrogen and oxygen atoms in total. The summed E-state index contributed by atoms with van der Waals surface area (Å²) in [6.07, 6.45) is 1.87. The van der Waals surface area contributed by atoms with Crippen LogP contribution in [0.5, 0.6) is 0 Å². The lowest BCUT2D eigenvalue weighted by atomic mass is 10.1. The number of benzene rings is 1. The number of thioether (sulfide) groups is 1. The standard InChI is InChI=1S/C11H14FNOS/c1-8-3-4-9(5-10(8)12)6-13-11(14)7-15-2/h3-5H,6-7H2,1-2H3,(H,13,14). The van der Waals surface area contributed by atoms with E-state index in [9.17, 15) is 9.18 Å². The fourth-order valence-electron chi connectivity index (χ4n) is 1.13. The maximum absolute atomic E-state index is 13.1. The van der Waals surface area contributed by atoms with Gasteiger partial charge in [-0.25, -0.2) is 4.39 Å². The van der Waals surface area contributed by atoms with Gasteiger partial charge in [0, 0.05) is 6.54 Å². The number of halogens is 1. The van der Waals surface area contributed by atoms with E-state index >= 15 is 0 Å². The Morgan fingerprint density at radius 3 is 2.87 bits per heavy atom. The minimum Gasteiger partial charge on any atom is -0.351 e. The van der Waals surface area contributed by atoms with Crippen LogP contribution in [0.15, 0.2) is 18.2 Å². The largest absolute Gasteiger partial charge is 0.351 e. The molecule has 0 radical (unpaired) electrons. The lowest BCUT2D eigenvalue weighted by Gasteiger charge is -2.05. The molecular formula is C11H14FNOS. The molecule has 0 aliphatic heterocycles. The third kappa shape index (κ3) is 3.91. The van der Waals surface area contributed by atoms with Gasteiger partial charge in [-0.2, -0.15) is 11.8 Å². The highest BCUT2D eigenvalue weighted by Gasteiger charge is 2.02. The number of nitrogens with one attached hydrogen (secondary N) is 1. The highest BCUT2D eigenvalue weighted by molar-refractivity contribution is 7.99. The lowest BCUT2D eigenvalue weighted by molar-refractivity contribution is -0.118. The van der Waals surface area contributed by atoms with Gasteiger partial charge < -0.3 is 5.32 Å². The lowest BCUT2D eigenvalue weighted by Crippen LogP contribution is -2.24. The number of rotatable bonds is 4. The molecule has 15 heavy (non-hydrogen) atoms. The van der Waals surface area contributed by atoms with E-state index < -0.39 is 0 Å². The maximum atomic E-state index is 13.1. The van der Waals surface area contributed by atoms with Crippen LogP contribution in [0.25, 0.3) is 0 Å². The molecule has 1 amide bonds.